The summed E-state index contributed by atoms with van der Waals surface area (Å²) in [4.78, 5) is 27.4. The number of benzene rings is 2. The minimum atomic E-state index is -0.721. The predicted molar refractivity (Wildman–Crippen MR) is 110 cm³/mol. The minimum absolute atomic E-state index is 0.0399. The molecule has 1 atom stereocenters. The Morgan fingerprint density at radius 2 is 1.75 bits per heavy atom. The molecule has 2 aromatic rings. The number of nitrogens with two attached hydrogens (primary N) is 1. The Morgan fingerprint density at radius 1 is 1.07 bits per heavy atom. The van der Waals surface area contributed by atoms with Gasteiger partial charge in [-0.25, -0.2) is 0 Å². The van der Waals surface area contributed by atoms with E-state index in [1.54, 1.807) is 0 Å². The molecule has 2 aliphatic rings. The average Bonchev–Trinajstić information content (AvgIpc) is 2.72. The summed E-state index contributed by atoms with van der Waals surface area (Å²) in [6.45, 7) is 2.27. The number of nitrogens with zero attached hydrogens (tertiary/aromatic N) is 1. The maximum Gasteiger partial charge on any atom is 0.243 e. The number of Topliss-reactive ketones (excluding diaryl/α,β-unsaturated/α-hetero) is 1. The van der Waals surface area contributed by atoms with Gasteiger partial charge in [-0.1, -0.05) is 42.5 Å². The van der Waals surface area contributed by atoms with Gasteiger partial charge in [0.25, 0.3) is 0 Å². The number of likely N-dealkylation sites (tertiary alicyclic amines) is 1. The molecule has 28 heavy (non-hydrogen) atoms. The van der Waals surface area contributed by atoms with Crippen molar-refractivity contribution in [2.24, 2.45) is 11.7 Å². The van der Waals surface area contributed by atoms with Crippen molar-refractivity contribution < 1.29 is 9.59 Å². The van der Waals surface area contributed by atoms with Crippen LogP contribution in [0.25, 0.3) is 0 Å². The lowest BCUT2D eigenvalue weighted by molar-refractivity contribution is -0.123. The Hall–Kier alpha value is -2.66. The normalized spacial score (nSPS) is 21.7. The molecule has 4 rings (SSSR count). The van der Waals surface area contributed by atoms with Crippen molar-refractivity contribution in [3.05, 3.63) is 65.7 Å². The summed E-state index contributed by atoms with van der Waals surface area (Å²) in [7, 11) is 0. The molecule has 1 amide bonds. The molecule has 2 aromatic carbocycles. The Bertz CT molecular complexity index is 857. The number of nitrogens with one attached hydrogen (secondary N) is 1. The van der Waals surface area contributed by atoms with Crippen LogP contribution in [0.2, 0.25) is 0 Å². The number of primary amides is 1. The van der Waals surface area contributed by atoms with E-state index in [1.807, 2.05) is 48.5 Å². The first-order chi connectivity index (χ1) is 13.6. The van der Waals surface area contributed by atoms with Gasteiger partial charge < -0.3 is 16.0 Å². The third-order valence-electron chi connectivity index (χ3n) is 6.23. The van der Waals surface area contributed by atoms with Gasteiger partial charge in [-0.3, -0.25) is 9.59 Å². The highest BCUT2D eigenvalue weighted by molar-refractivity contribution is 6.00. The molecule has 1 aliphatic heterocycles. The van der Waals surface area contributed by atoms with Gasteiger partial charge in [-0.05, 0) is 43.4 Å². The Morgan fingerprint density at radius 3 is 2.46 bits per heavy atom. The molecule has 1 heterocycles. The smallest absolute Gasteiger partial charge is 0.243 e. The first kappa shape index (κ1) is 18.7. The van der Waals surface area contributed by atoms with E-state index < -0.39 is 5.54 Å². The Kier molecular flexibility index (Phi) is 5.18. The number of amides is 1. The molecule has 0 saturated carbocycles. The second kappa shape index (κ2) is 7.76. The van der Waals surface area contributed by atoms with Crippen LogP contribution in [0.3, 0.4) is 0 Å². The lowest BCUT2D eigenvalue weighted by Crippen LogP contribution is -2.57. The van der Waals surface area contributed by atoms with Gasteiger partial charge in [0.2, 0.25) is 5.91 Å². The first-order valence-corrected chi connectivity index (χ1v) is 10.0. The fourth-order valence-electron chi connectivity index (χ4n) is 4.49. The topological polar surface area (TPSA) is 75.4 Å². The third-order valence-corrected chi connectivity index (χ3v) is 6.23. The predicted octanol–water partition coefficient (Wildman–Crippen LogP) is 2.86. The number of para-hydroxylation sites is 1. The zero-order valence-electron chi connectivity index (χ0n) is 16.1. The van der Waals surface area contributed by atoms with Crippen LogP contribution >= 0.6 is 0 Å². The Labute approximate surface area is 165 Å². The highest BCUT2D eigenvalue weighted by Gasteiger charge is 2.41. The van der Waals surface area contributed by atoms with E-state index in [0.29, 0.717) is 12.8 Å². The van der Waals surface area contributed by atoms with Gasteiger partial charge >= 0.3 is 0 Å². The summed E-state index contributed by atoms with van der Waals surface area (Å²) >= 11 is 0. The fraction of sp³-hybridized carbons (Fsp3) is 0.391. The summed E-state index contributed by atoms with van der Waals surface area (Å²) in [6, 6.07) is 17.7. The third kappa shape index (κ3) is 3.67. The number of rotatable bonds is 5. The molecule has 1 saturated heterocycles. The quantitative estimate of drug-likeness (QED) is 0.840. The Balaban J connectivity index is 1.40. The molecular formula is C23H27N3O2. The molecule has 1 aliphatic carbocycles. The van der Waals surface area contributed by atoms with Crippen LogP contribution in [0, 0.1) is 5.92 Å². The van der Waals surface area contributed by atoms with Gasteiger partial charge in [-0.2, -0.15) is 0 Å². The van der Waals surface area contributed by atoms with Crippen LogP contribution in [-0.2, 0) is 11.2 Å². The van der Waals surface area contributed by atoms with Crippen LogP contribution < -0.4 is 11.1 Å². The van der Waals surface area contributed by atoms with Crippen LogP contribution in [-0.4, -0.2) is 41.8 Å². The van der Waals surface area contributed by atoms with Gasteiger partial charge in [-0.15, -0.1) is 0 Å². The van der Waals surface area contributed by atoms with E-state index >= 15 is 0 Å². The minimum Gasteiger partial charge on any atom is -0.371 e. The highest BCUT2D eigenvalue weighted by Crippen LogP contribution is 2.30. The molecule has 0 bridgehead atoms. The van der Waals surface area contributed by atoms with Crippen molar-refractivity contribution >= 4 is 17.4 Å². The lowest BCUT2D eigenvalue weighted by atomic mass is 9.81. The van der Waals surface area contributed by atoms with Gasteiger partial charge in [0.1, 0.15) is 5.54 Å². The number of fused-ring (bicyclic) bond motifs is 1. The van der Waals surface area contributed by atoms with Gasteiger partial charge in [0, 0.05) is 36.8 Å². The second-order valence-electron chi connectivity index (χ2n) is 7.99. The van der Waals surface area contributed by atoms with E-state index in [9.17, 15) is 9.59 Å². The van der Waals surface area contributed by atoms with Crippen LogP contribution in [0.15, 0.2) is 54.6 Å². The molecule has 3 N–H and O–H groups in total. The standard InChI is InChI=1S/C23H27N3O2/c24-22(28)23(25-19-7-2-1-3-8-19)12-14-26(15-13-23)16-18-11-10-17-6-4-5-9-20(17)21(18)27/h1-9,18,25H,10-16H2,(H2,24,28). The largest absolute Gasteiger partial charge is 0.371 e. The summed E-state index contributed by atoms with van der Waals surface area (Å²) in [5.41, 5.74) is 8.02. The maximum atomic E-state index is 12.9. The average molecular weight is 377 g/mol. The number of piperidine rings is 1. The molecule has 146 valence electrons. The van der Waals surface area contributed by atoms with E-state index in [2.05, 4.69) is 16.3 Å². The van der Waals surface area contributed by atoms with E-state index in [0.717, 1.165) is 43.7 Å². The highest BCUT2D eigenvalue weighted by atomic mass is 16.1. The maximum absolute atomic E-state index is 12.9. The zero-order chi connectivity index (χ0) is 19.6. The van der Waals surface area contributed by atoms with Crippen molar-refractivity contribution in [2.75, 3.05) is 25.0 Å². The van der Waals surface area contributed by atoms with Crippen molar-refractivity contribution in [1.29, 1.82) is 0 Å². The van der Waals surface area contributed by atoms with Crippen molar-refractivity contribution in [3.63, 3.8) is 0 Å². The van der Waals surface area contributed by atoms with E-state index in [1.165, 1.54) is 5.56 Å². The molecule has 5 nitrogen and oxygen atoms in total. The van der Waals surface area contributed by atoms with Crippen molar-refractivity contribution in [3.8, 4) is 0 Å². The number of anilines is 1. The summed E-state index contributed by atoms with van der Waals surface area (Å²) in [6.07, 6.45) is 3.15. The van der Waals surface area contributed by atoms with Crippen molar-refractivity contribution in [1.82, 2.24) is 4.90 Å². The molecule has 0 spiro atoms. The SMILES string of the molecule is NC(=O)C1(Nc2ccccc2)CCN(CC2CCc3ccccc3C2=O)CC1. The summed E-state index contributed by atoms with van der Waals surface area (Å²) in [5.74, 6) is -0.00673. The number of hydrogen-bond donors (Lipinski definition) is 2. The van der Waals surface area contributed by atoms with E-state index in [4.69, 9.17) is 5.73 Å². The molecule has 5 heteroatoms. The lowest BCUT2D eigenvalue weighted by Gasteiger charge is -2.42. The number of hydrogen-bond acceptors (Lipinski definition) is 4. The molecule has 0 radical (unpaired) electrons. The zero-order valence-corrected chi connectivity index (χ0v) is 16.1. The van der Waals surface area contributed by atoms with E-state index in [-0.39, 0.29) is 17.6 Å². The summed E-state index contributed by atoms with van der Waals surface area (Å²) in [5, 5.41) is 3.37. The van der Waals surface area contributed by atoms with Gasteiger partial charge in [0.05, 0.1) is 0 Å². The fourth-order valence-corrected chi connectivity index (χ4v) is 4.49. The number of carbonyl (C=O) groups is 2. The molecule has 0 aromatic heterocycles. The van der Waals surface area contributed by atoms with Crippen LogP contribution in [0.4, 0.5) is 5.69 Å². The number of carbonyl (C=O) groups excluding carboxylic acids is 2. The van der Waals surface area contributed by atoms with Gasteiger partial charge in [0.15, 0.2) is 5.78 Å². The van der Waals surface area contributed by atoms with Crippen LogP contribution in [0.5, 0.6) is 0 Å². The number of aryl methyl sites for hydroxylation is 1. The molecule has 1 fully saturated rings. The summed E-state index contributed by atoms with van der Waals surface area (Å²) < 4.78 is 0. The van der Waals surface area contributed by atoms with Crippen LogP contribution in [0.1, 0.15) is 35.2 Å². The van der Waals surface area contributed by atoms with Crippen molar-refractivity contribution in [2.45, 2.75) is 31.2 Å². The molecule has 1 unspecified atom stereocenters. The number of ketones is 1. The second-order valence-corrected chi connectivity index (χ2v) is 7.99. The monoisotopic (exact) mass is 377 g/mol. The first-order valence-electron chi connectivity index (χ1n) is 10.0. The molecular weight excluding hydrogens is 350 g/mol.